The molecule has 2 aromatic carbocycles. The van der Waals surface area contributed by atoms with E-state index in [1.54, 1.807) is 0 Å². The number of hydrogen-bond acceptors (Lipinski definition) is 10. The van der Waals surface area contributed by atoms with Crippen molar-refractivity contribution in [3.8, 4) is 17.2 Å². The van der Waals surface area contributed by atoms with Crippen molar-refractivity contribution in [2.24, 2.45) is 0 Å². The molecule has 0 unspecified atom stereocenters. The molecule has 1 heterocycles. The van der Waals surface area contributed by atoms with Crippen LogP contribution in [-0.2, 0) is 9.53 Å². The molecule has 196 valence electrons. The number of fused-ring (bicyclic) bond motifs is 2. The predicted molar refractivity (Wildman–Crippen MR) is 127 cm³/mol. The van der Waals surface area contributed by atoms with Crippen LogP contribution in [-0.4, -0.2) is 68.7 Å². The van der Waals surface area contributed by atoms with Gasteiger partial charge >= 0.3 is 5.97 Å². The molecule has 0 aromatic heterocycles. The van der Waals surface area contributed by atoms with Crippen LogP contribution in [0.15, 0.2) is 24.3 Å². The van der Waals surface area contributed by atoms with Crippen LogP contribution < -0.4 is 9.47 Å². The highest BCUT2D eigenvalue weighted by Gasteiger charge is 2.44. The summed E-state index contributed by atoms with van der Waals surface area (Å²) in [5.74, 6) is -2.11. The average Bonchev–Trinajstić information content (AvgIpc) is 3.38. The Hall–Kier alpha value is -3.31. The van der Waals surface area contributed by atoms with Gasteiger partial charge < -0.3 is 34.6 Å². The third-order valence-corrected chi connectivity index (χ3v) is 7.33. The van der Waals surface area contributed by atoms with Gasteiger partial charge in [-0.2, -0.15) is 0 Å². The highest BCUT2D eigenvalue weighted by molar-refractivity contribution is 6.29. The van der Waals surface area contributed by atoms with Crippen LogP contribution in [0.2, 0.25) is 0 Å². The molecular weight excluding hydrogens is 484 g/mol. The molecule has 37 heavy (non-hydrogen) atoms. The van der Waals surface area contributed by atoms with E-state index in [-0.39, 0.29) is 45.4 Å². The van der Waals surface area contributed by atoms with Gasteiger partial charge in [-0.15, -0.1) is 0 Å². The number of phenolic OH excluding ortho intramolecular Hbond substituents is 1. The molecule has 10 heteroatoms. The Morgan fingerprint density at radius 2 is 1.65 bits per heavy atom. The smallest absolute Gasteiger partial charge is 0.308 e. The molecule has 2 fully saturated rings. The maximum atomic E-state index is 13.5. The SMILES string of the molecule is CC(=O)Oc1ccc2c(c1)C(=O)c1cc(O[C@H]3O[C@@H](C)[C@@H](O)[C@@H](O)[C@H]3O)c(C3CCCC3)c(O)c1C2=O. The second-order valence-electron chi connectivity index (χ2n) is 9.80. The molecule has 1 saturated carbocycles. The number of phenols is 1. The second kappa shape index (κ2) is 9.53. The number of aromatic hydroxyl groups is 1. The summed E-state index contributed by atoms with van der Waals surface area (Å²) in [5, 5.41) is 42.1. The van der Waals surface area contributed by atoms with Crippen molar-refractivity contribution >= 4 is 17.5 Å². The van der Waals surface area contributed by atoms with Gasteiger partial charge in [0, 0.05) is 29.2 Å². The summed E-state index contributed by atoms with van der Waals surface area (Å²) in [4.78, 5) is 38.4. The molecular formula is C27H28O10. The van der Waals surface area contributed by atoms with Crippen LogP contribution in [0.25, 0.3) is 0 Å². The zero-order valence-electron chi connectivity index (χ0n) is 20.3. The summed E-state index contributed by atoms with van der Waals surface area (Å²) in [6, 6.07) is 5.44. The zero-order valence-corrected chi connectivity index (χ0v) is 20.3. The van der Waals surface area contributed by atoms with Crippen molar-refractivity contribution in [2.45, 2.75) is 76.2 Å². The Kier molecular flexibility index (Phi) is 6.53. The van der Waals surface area contributed by atoms with E-state index in [0.29, 0.717) is 5.56 Å². The van der Waals surface area contributed by atoms with E-state index >= 15 is 0 Å². The molecule has 1 saturated heterocycles. The van der Waals surface area contributed by atoms with Gasteiger partial charge in [0.15, 0.2) is 11.6 Å². The monoisotopic (exact) mass is 512 g/mol. The van der Waals surface area contributed by atoms with Gasteiger partial charge in [-0.1, -0.05) is 12.8 Å². The van der Waals surface area contributed by atoms with E-state index in [0.717, 1.165) is 25.7 Å². The Labute approximate surface area is 212 Å². The molecule has 3 aliphatic rings. The first kappa shape index (κ1) is 25.3. The molecule has 10 nitrogen and oxygen atoms in total. The first-order valence-electron chi connectivity index (χ1n) is 12.3. The standard InChI is InChI=1S/C27H28O10/c1-11-21(29)25(33)26(34)27(35-11)37-18-10-17-20(24(32)19(18)13-5-3-4-6-13)23(31)15-8-7-14(36-12(2)28)9-16(15)22(17)30/h7-11,13,21,25-27,29,32-34H,3-6H2,1-2H3/t11-,21+,25+,26+,27+/m0/s1. The summed E-state index contributed by atoms with van der Waals surface area (Å²) in [6.45, 7) is 2.73. The van der Waals surface area contributed by atoms with Crippen molar-refractivity contribution in [3.63, 3.8) is 0 Å². The zero-order chi connectivity index (χ0) is 26.6. The number of ketones is 2. The summed E-state index contributed by atoms with van der Waals surface area (Å²) < 4.78 is 16.6. The highest BCUT2D eigenvalue weighted by atomic mass is 16.7. The number of hydrogen-bond donors (Lipinski definition) is 4. The molecule has 0 amide bonds. The first-order chi connectivity index (χ1) is 17.6. The predicted octanol–water partition coefficient (Wildman–Crippen LogP) is 1.96. The van der Waals surface area contributed by atoms with Crippen molar-refractivity contribution < 1.29 is 49.0 Å². The lowest BCUT2D eigenvalue weighted by molar-refractivity contribution is -0.268. The van der Waals surface area contributed by atoms with Crippen molar-refractivity contribution in [2.75, 3.05) is 0 Å². The van der Waals surface area contributed by atoms with E-state index in [2.05, 4.69) is 0 Å². The number of carbonyl (C=O) groups is 3. The number of rotatable bonds is 4. The maximum absolute atomic E-state index is 13.5. The fourth-order valence-corrected chi connectivity index (χ4v) is 5.43. The molecule has 0 bridgehead atoms. The van der Waals surface area contributed by atoms with Crippen LogP contribution >= 0.6 is 0 Å². The van der Waals surface area contributed by atoms with Crippen LogP contribution in [0.5, 0.6) is 17.2 Å². The van der Waals surface area contributed by atoms with Crippen molar-refractivity contribution in [1.29, 1.82) is 0 Å². The summed E-state index contributed by atoms with van der Waals surface area (Å²) in [7, 11) is 0. The Balaban J connectivity index is 1.61. The highest BCUT2D eigenvalue weighted by Crippen LogP contribution is 2.48. The Bertz CT molecular complexity index is 1280. The number of aliphatic hydroxyl groups is 3. The third-order valence-electron chi connectivity index (χ3n) is 7.33. The minimum atomic E-state index is -1.61. The van der Waals surface area contributed by atoms with Gasteiger partial charge in [-0.3, -0.25) is 14.4 Å². The molecule has 4 N–H and O–H groups in total. The van der Waals surface area contributed by atoms with Crippen LogP contribution in [0.1, 0.15) is 82.9 Å². The largest absolute Gasteiger partial charge is 0.507 e. The van der Waals surface area contributed by atoms with Gasteiger partial charge in [0.1, 0.15) is 35.6 Å². The van der Waals surface area contributed by atoms with E-state index in [1.807, 2.05) is 0 Å². The summed E-state index contributed by atoms with van der Waals surface area (Å²) in [5.41, 5.74) is 0.177. The minimum absolute atomic E-state index is 0.0105. The lowest BCUT2D eigenvalue weighted by Crippen LogP contribution is -2.58. The fraction of sp³-hybridized carbons (Fsp3) is 0.444. The van der Waals surface area contributed by atoms with Gasteiger partial charge in [0.25, 0.3) is 0 Å². The average molecular weight is 513 g/mol. The normalized spacial score (nSPS) is 27.5. The van der Waals surface area contributed by atoms with Crippen molar-refractivity contribution in [3.05, 3.63) is 52.1 Å². The molecule has 1 aliphatic heterocycles. The van der Waals surface area contributed by atoms with Gasteiger partial charge in [-0.25, -0.2) is 0 Å². The summed E-state index contributed by atoms with van der Waals surface area (Å²) >= 11 is 0. The number of esters is 1. The van der Waals surface area contributed by atoms with Crippen LogP contribution in [0.3, 0.4) is 0 Å². The third kappa shape index (κ3) is 4.29. The topological polar surface area (TPSA) is 160 Å². The first-order valence-corrected chi connectivity index (χ1v) is 12.3. The summed E-state index contributed by atoms with van der Waals surface area (Å²) in [6.07, 6.45) is -3.49. The molecule has 0 radical (unpaired) electrons. The maximum Gasteiger partial charge on any atom is 0.308 e. The minimum Gasteiger partial charge on any atom is -0.507 e. The Morgan fingerprint density at radius 3 is 2.32 bits per heavy atom. The molecule has 5 atom stereocenters. The van der Waals surface area contributed by atoms with Crippen LogP contribution in [0.4, 0.5) is 0 Å². The van der Waals surface area contributed by atoms with E-state index in [1.165, 1.54) is 38.1 Å². The fourth-order valence-electron chi connectivity index (χ4n) is 5.43. The number of benzene rings is 2. The number of carbonyl (C=O) groups excluding carboxylic acids is 3. The molecule has 2 aliphatic carbocycles. The Morgan fingerprint density at radius 1 is 0.946 bits per heavy atom. The molecule has 5 rings (SSSR count). The number of aliphatic hydroxyl groups excluding tert-OH is 3. The van der Waals surface area contributed by atoms with Gasteiger partial charge in [0.05, 0.1) is 11.7 Å². The lowest BCUT2D eigenvalue weighted by atomic mass is 9.80. The molecule has 0 spiro atoms. The van der Waals surface area contributed by atoms with Gasteiger partial charge in [0.2, 0.25) is 6.29 Å². The quantitative estimate of drug-likeness (QED) is 0.301. The second-order valence-corrected chi connectivity index (χ2v) is 9.80. The van der Waals surface area contributed by atoms with E-state index in [9.17, 15) is 34.8 Å². The van der Waals surface area contributed by atoms with E-state index < -0.39 is 48.2 Å². The van der Waals surface area contributed by atoms with Gasteiger partial charge in [-0.05, 0) is 49.9 Å². The van der Waals surface area contributed by atoms with Crippen LogP contribution in [0, 0.1) is 0 Å². The number of ether oxygens (including phenoxy) is 3. The lowest BCUT2D eigenvalue weighted by Gasteiger charge is -2.39. The van der Waals surface area contributed by atoms with E-state index in [4.69, 9.17) is 14.2 Å². The molecule has 2 aromatic rings. The van der Waals surface area contributed by atoms with Crippen molar-refractivity contribution in [1.82, 2.24) is 0 Å².